The summed E-state index contributed by atoms with van der Waals surface area (Å²) in [5, 5.41) is 9.63. The Hall–Kier alpha value is -0.930. The normalized spacial score (nSPS) is 12.1. The van der Waals surface area contributed by atoms with Crippen LogP contribution in [-0.2, 0) is 6.42 Å². The van der Waals surface area contributed by atoms with Gasteiger partial charge in [-0.2, -0.15) is 0 Å². The molecule has 0 bridgehead atoms. The number of halogens is 1. The molecule has 0 saturated carbocycles. The molecule has 3 heteroatoms. The van der Waals surface area contributed by atoms with Crippen molar-refractivity contribution < 1.29 is 9.50 Å². The SMILES string of the molecule is CN(CCc1cccc(F)c1)CC(C)(C)O. The van der Waals surface area contributed by atoms with Gasteiger partial charge in [0.25, 0.3) is 0 Å². The van der Waals surface area contributed by atoms with E-state index in [1.165, 1.54) is 6.07 Å². The van der Waals surface area contributed by atoms with Crippen LogP contribution in [-0.4, -0.2) is 35.7 Å². The molecule has 1 aromatic rings. The number of hydrogen-bond donors (Lipinski definition) is 1. The maximum atomic E-state index is 12.9. The number of aliphatic hydroxyl groups is 1. The van der Waals surface area contributed by atoms with Crippen LogP contribution in [0.15, 0.2) is 24.3 Å². The average Bonchev–Trinajstić information content (AvgIpc) is 2.12. The lowest BCUT2D eigenvalue weighted by Gasteiger charge is -2.25. The van der Waals surface area contributed by atoms with Crippen molar-refractivity contribution in [3.63, 3.8) is 0 Å². The quantitative estimate of drug-likeness (QED) is 0.829. The van der Waals surface area contributed by atoms with Gasteiger partial charge in [0.2, 0.25) is 0 Å². The van der Waals surface area contributed by atoms with Crippen LogP contribution in [0, 0.1) is 5.82 Å². The molecule has 16 heavy (non-hydrogen) atoms. The highest BCUT2D eigenvalue weighted by atomic mass is 19.1. The van der Waals surface area contributed by atoms with Crippen LogP contribution in [0.3, 0.4) is 0 Å². The first kappa shape index (κ1) is 13.1. The molecule has 0 unspecified atom stereocenters. The number of rotatable bonds is 5. The summed E-state index contributed by atoms with van der Waals surface area (Å²) in [7, 11) is 1.96. The highest BCUT2D eigenvalue weighted by molar-refractivity contribution is 5.16. The summed E-state index contributed by atoms with van der Waals surface area (Å²) in [4.78, 5) is 2.05. The first-order valence-corrected chi connectivity index (χ1v) is 5.52. The molecule has 1 aromatic carbocycles. The van der Waals surface area contributed by atoms with Gasteiger partial charge in [-0.1, -0.05) is 12.1 Å². The Morgan fingerprint density at radius 3 is 2.62 bits per heavy atom. The second kappa shape index (κ2) is 5.41. The summed E-state index contributed by atoms with van der Waals surface area (Å²) in [6, 6.07) is 6.64. The molecule has 90 valence electrons. The van der Waals surface area contributed by atoms with Gasteiger partial charge in [0, 0.05) is 13.1 Å². The monoisotopic (exact) mass is 225 g/mol. The Kier molecular flexibility index (Phi) is 4.44. The van der Waals surface area contributed by atoms with E-state index in [1.807, 2.05) is 18.0 Å². The first-order valence-electron chi connectivity index (χ1n) is 5.52. The smallest absolute Gasteiger partial charge is 0.123 e. The van der Waals surface area contributed by atoms with Gasteiger partial charge in [0.15, 0.2) is 0 Å². The van der Waals surface area contributed by atoms with Gasteiger partial charge in [0.05, 0.1) is 5.60 Å². The summed E-state index contributed by atoms with van der Waals surface area (Å²) in [5.41, 5.74) is 0.305. The third-order valence-electron chi connectivity index (χ3n) is 2.33. The number of likely N-dealkylation sites (N-methyl/N-ethyl adjacent to an activating group) is 1. The Balaban J connectivity index is 2.40. The van der Waals surface area contributed by atoms with Crippen molar-refractivity contribution in [3.05, 3.63) is 35.6 Å². The Labute approximate surface area is 96.7 Å². The lowest BCUT2D eigenvalue weighted by molar-refractivity contribution is 0.0450. The number of benzene rings is 1. The average molecular weight is 225 g/mol. The van der Waals surface area contributed by atoms with Crippen molar-refractivity contribution in [2.45, 2.75) is 25.9 Å². The van der Waals surface area contributed by atoms with Crippen LogP contribution in [0.5, 0.6) is 0 Å². The minimum Gasteiger partial charge on any atom is -0.389 e. The molecular weight excluding hydrogens is 205 g/mol. The standard InChI is InChI=1S/C13H20FNO/c1-13(2,16)10-15(3)8-7-11-5-4-6-12(14)9-11/h4-6,9,16H,7-8,10H2,1-3H3. The minimum atomic E-state index is -0.684. The van der Waals surface area contributed by atoms with Gasteiger partial charge in [-0.25, -0.2) is 4.39 Å². The third kappa shape index (κ3) is 5.24. The predicted octanol–water partition coefficient (Wildman–Crippen LogP) is 2.07. The van der Waals surface area contributed by atoms with Crippen molar-refractivity contribution in [1.29, 1.82) is 0 Å². The lowest BCUT2D eigenvalue weighted by Crippen LogP contribution is -2.37. The van der Waals surface area contributed by atoms with Crippen molar-refractivity contribution in [1.82, 2.24) is 4.90 Å². The first-order chi connectivity index (χ1) is 7.37. The van der Waals surface area contributed by atoms with Gasteiger partial charge in [-0.15, -0.1) is 0 Å². The van der Waals surface area contributed by atoms with E-state index in [4.69, 9.17) is 0 Å². The molecule has 0 radical (unpaired) electrons. The van der Waals surface area contributed by atoms with Gasteiger partial charge in [-0.05, 0) is 45.0 Å². The van der Waals surface area contributed by atoms with E-state index < -0.39 is 5.60 Å². The van der Waals surface area contributed by atoms with Gasteiger partial charge in [0.1, 0.15) is 5.82 Å². The molecule has 0 aromatic heterocycles. The summed E-state index contributed by atoms with van der Waals surface area (Å²) in [6.07, 6.45) is 0.796. The van der Waals surface area contributed by atoms with E-state index in [9.17, 15) is 9.50 Å². The molecule has 1 N–H and O–H groups in total. The summed E-state index contributed by atoms with van der Waals surface area (Å²) >= 11 is 0. The molecule has 0 heterocycles. The van der Waals surface area contributed by atoms with Crippen LogP contribution in [0.4, 0.5) is 4.39 Å². The summed E-state index contributed by atoms with van der Waals surface area (Å²) in [5.74, 6) is -0.192. The lowest BCUT2D eigenvalue weighted by atomic mass is 10.1. The molecule has 0 spiro atoms. The van der Waals surface area contributed by atoms with Crippen LogP contribution in [0.1, 0.15) is 19.4 Å². The number of nitrogens with zero attached hydrogens (tertiary/aromatic N) is 1. The van der Waals surface area contributed by atoms with Crippen molar-refractivity contribution in [3.8, 4) is 0 Å². The van der Waals surface area contributed by atoms with Gasteiger partial charge in [-0.3, -0.25) is 0 Å². The maximum absolute atomic E-state index is 12.9. The summed E-state index contributed by atoms with van der Waals surface area (Å²) in [6.45, 7) is 4.99. The minimum absolute atomic E-state index is 0.192. The molecule has 2 nitrogen and oxygen atoms in total. The van der Waals surface area contributed by atoms with Crippen LogP contribution in [0.2, 0.25) is 0 Å². The Morgan fingerprint density at radius 2 is 2.06 bits per heavy atom. The van der Waals surface area contributed by atoms with Crippen molar-refractivity contribution in [2.75, 3.05) is 20.1 Å². The highest BCUT2D eigenvalue weighted by Gasteiger charge is 2.15. The van der Waals surface area contributed by atoms with Crippen molar-refractivity contribution >= 4 is 0 Å². The largest absolute Gasteiger partial charge is 0.389 e. The Bertz CT molecular complexity index is 333. The maximum Gasteiger partial charge on any atom is 0.123 e. The zero-order valence-electron chi connectivity index (χ0n) is 10.2. The Morgan fingerprint density at radius 1 is 1.38 bits per heavy atom. The molecule has 0 aliphatic rings. The highest BCUT2D eigenvalue weighted by Crippen LogP contribution is 2.07. The zero-order valence-corrected chi connectivity index (χ0v) is 10.2. The molecule has 0 aliphatic carbocycles. The van der Waals surface area contributed by atoms with E-state index in [1.54, 1.807) is 26.0 Å². The van der Waals surface area contributed by atoms with E-state index in [0.717, 1.165) is 18.5 Å². The van der Waals surface area contributed by atoms with Crippen LogP contribution < -0.4 is 0 Å². The molecule has 0 atom stereocenters. The topological polar surface area (TPSA) is 23.5 Å². The molecule has 1 rings (SSSR count). The molecule has 0 saturated heterocycles. The van der Waals surface area contributed by atoms with Crippen LogP contribution in [0.25, 0.3) is 0 Å². The molecular formula is C13H20FNO. The third-order valence-corrected chi connectivity index (χ3v) is 2.33. The summed E-state index contributed by atoms with van der Waals surface area (Å²) < 4.78 is 12.9. The molecule has 0 fully saturated rings. The molecule has 0 aliphatic heterocycles. The fraction of sp³-hybridized carbons (Fsp3) is 0.538. The van der Waals surface area contributed by atoms with E-state index >= 15 is 0 Å². The van der Waals surface area contributed by atoms with E-state index in [-0.39, 0.29) is 5.82 Å². The van der Waals surface area contributed by atoms with E-state index in [2.05, 4.69) is 0 Å². The van der Waals surface area contributed by atoms with Gasteiger partial charge < -0.3 is 10.0 Å². The second-order valence-electron chi connectivity index (χ2n) is 4.93. The second-order valence-corrected chi connectivity index (χ2v) is 4.93. The fourth-order valence-corrected chi connectivity index (χ4v) is 1.75. The van der Waals surface area contributed by atoms with Gasteiger partial charge >= 0.3 is 0 Å². The van der Waals surface area contributed by atoms with Crippen molar-refractivity contribution in [2.24, 2.45) is 0 Å². The van der Waals surface area contributed by atoms with Crippen LogP contribution >= 0.6 is 0 Å². The fourth-order valence-electron chi connectivity index (χ4n) is 1.75. The predicted molar refractivity (Wildman–Crippen MR) is 63.9 cm³/mol. The van der Waals surface area contributed by atoms with E-state index in [0.29, 0.717) is 6.54 Å². The zero-order chi connectivity index (χ0) is 12.2. The molecule has 0 amide bonds. The number of hydrogen-bond acceptors (Lipinski definition) is 2.